The second-order valence-corrected chi connectivity index (χ2v) is 7.64. The molecule has 1 unspecified atom stereocenters. The van der Waals surface area contributed by atoms with Crippen molar-refractivity contribution >= 4 is 27.5 Å². The first-order valence-electron chi connectivity index (χ1n) is 7.06. The molecule has 0 fully saturated rings. The summed E-state index contributed by atoms with van der Waals surface area (Å²) in [5.41, 5.74) is 5.03. The third kappa shape index (κ3) is 2.72. The molecular weight excluding hydrogens is 348 g/mol. The zero-order valence-corrected chi connectivity index (χ0v) is 14.8. The summed E-state index contributed by atoms with van der Waals surface area (Å²) in [5.74, 6) is 1.01. The Morgan fingerprint density at radius 3 is 2.71 bits per heavy atom. The van der Waals surface area contributed by atoms with Crippen LogP contribution in [0, 0.1) is 6.92 Å². The average Bonchev–Trinajstić information content (AvgIpc) is 2.76. The Morgan fingerprint density at radius 2 is 1.95 bits per heavy atom. The topological polar surface area (TPSA) is 9.23 Å². The zero-order valence-electron chi connectivity index (χ0n) is 12.4. The minimum atomic E-state index is 0.0709. The molecular formula is C18H18BrClO. The Morgan fingerprint density at radius 1 is 1.19 bits per heavy atom. The van der Waals surface area contributed by atoms with Crippen LogP contribution in [-0.2, 0) is 5.41 Å². The van der Waals surface area contributed by atoms with Gasteiger partial charge in [0.05, 0.1) is 11.4 Å². The number of ether oxygens (including phenoxy) is 1. The predicted octanol–water partition coefficient (Wildman–Crippen LogP) is 5.80. The quantitative estimate of drug-likeness (QED) is 0.611. The van der Waals surface area contributed by atoms with Crippen molar-refractivity contribution in [3.8, 4) is 5.75 Å². The summed E-state index contributed by atoms with van der Waals surface area (Å²) in [6.07, 6.45) is 0. The van der Waals surface area contributed by atoms with Crippen LogP contribution in [0.15, 0.2) is 36.4 Å². The number of hydrogen-bond acceptors (Lipinski definition) is 1. The molecule has 3 heteroatoms. The van der Waals surface area contributed by atoms with Gasteiger partial charge in [0.25, 0.3) is 0 Å². The molecule has 0 amide bonds. The Labute approximate surface area is 139 Å². The van der Waals surface area contributed by atoms with Gasteiger partial charge in [-0.05, 0) is 47.9 Å². The van der Waals surface area contributed by atoms with Crippen LogP contribution in [0.2, 0.25) is 5.02 Å². The molecule has 2 aromatic rings. The highest BCUT2D eigenvalue weighted by Gasteiger charge is 2.32. The van der Waals surface area contributed by atoms with E-state index in [1.165, 1.54) is 22.3 Å². The number of alkyl halides is 1. The van der Waals surface area contributed by atoms with Crippen LogP contribution in [0.3, 0.4) is 0 Å². The monoisotopic (exact) mass is 364 g/mol. The fourth-order valence-electron chi connectivity index (χ4n) is 2.76. The number of fused-ring (bicyclic) bond motifs is 1. The van der Waals surface area contributed by atoms with Crippen LogP contribution in [-0.4, -0.2) is 6.61 Å². The van der Waals surface area contributed by atoms with Crippen LogP contribution in [0.4, 0.5) is 0 Å². The molecule has 0 aliphatic carbocycles. The lowest BCUT2D eigenvalue weighted by Crippen LogP contribution is -2.18. The fraction of sp³-hybridized carbons (Fsp3) is 0.333. The zero-order chi connectivity index (χ0) is 15.2. The maximum Gasteiger partial charge on any atom is 0.123 e. The van der Waals surface area contributed by atoms with Crippen molar-refractivity contribution in [2.24, 2.45) is 0 Å². The summed E-state index contributed by atoms with van der Waals surface area (Å²) in [6.45, 7) is 7.29. The van der Waals surface area contributed by atoms with Crippen molar-refractivity contribution < 1.29 is 4.74 Å². The van der Waals surface area contributed by atoms with Gasteiger partial charge in [0, 0.05) is 16.0 Å². The van der Waals surface area contributed by atoms with Crippen molar-refractivity contribution in [3.63, 3.8) is 0 Å². The fourth-order valence-corrected chi connectivity index (χ4v) is 3.72. The van der Waals surface area contributed by atoms with Gasteiger partial charge in [0.2, 0.25) is 0 Å². The van der Waals surface area contributed by atoms with Gasteiger partial charge in [-0.2, -0.15) is 0 Å². The van der Waals surface area contributed by atoms with Gasteiger partial charge in [-0.3, -0.25) is 0 Å². The number of rotatable bonds is 2. The lowest BCUT2D eigenvalue weighted by atomic mass is 9.85. The van der Waals surface area contributed by atoms with E-state index in [2.05, 4.69) is 61.0 Å². The van der Waals surface area contributed by atoms with E-state index in [9.17, 15) is 0 Å². The van der Waals surface area contributed by atoms with E-state index >= 15 is 0 Å². The second kappa shape index (κ2) is 5.33. The van der Waals surface area contributed by atoms with Gasteiger partial charge in [0.1, 0.15) is 5.75 Å². The van der Waals surface area contributed by atoms with E-state index in [-0.39, 0.29) is 10.2 Å². The minimum Gasteiger partial charge on any atom is -0.492 e. The third-order valence-corrected chi connectivity index (χ3v) is 5.39. The molecule has 0 aromatic heterocycles. The molecule has 0 saturated heterocycles. The molecule has 0 saturated carbocycles. The van der Waals surface area contributed by atoms with Crippen LogP contribution >= 0.6 is 27.5 Å². The number of aryl methyl sites for hydroxylation is 1. The van der Waals surface area contributed by atoms with Crippen LogP contribution < -0.4 is 4.74 Å². The van der Waals surface area contributed by atoms with Crippen molar-refractivity contribution in [2.45, 2.75) is 31.0 Å². The second-order valence-electron chi connectivity index (χ2n) is 6.29. The Hall–Kier alpha value is -0.990. The molecule has 0 bridgehead atoms. The maximum absolute atomic E-state index is 6.15. The van der Waals surface area contributed by atoms with E-state index < -0.39 is 0 Å². The van der Waals surface area contributed by atoms with Crippen molar-refractivity contribution in [1.82, 2.24) is 0 Å². The van der Waals surface area contributed by atoms with Crippen LogP contribution in [0.5, 0.6) is 5.75 Å². The summed E-state index contributed by atoms with van der Waals surface area (Å²) in [4.78, 5) is 0.137. The normalized spacial score (nSPS) is 17.2. The highest BCUT2D eigenvalue weighted by molar-refractivity contribution is 9.09. The molecule has 0 spiro atoms. The predicted molar refractivity (Wildman–Crippen MR) is 91.9 cm³/mol. The summed E-state index contributed by atoms with van der Waals surface area (Å²) < 4.78 is 5.76. The summed E-state index contributed by atoms with van der Waals surface area (Å²) in [5, 5.41) is 0.768. The largest absolute Gasteiger partial charge is 0.492 e. The van der Waals surface area contributed by atoms with E-state index in [4.69, 9.17) is 16.3 Å². The lowest BCUT2D eigenvalue weighted by Gasteiger charge is -2.18. The third-order valence-electron chi connectivity index (χ3n) is 4.13. The van der Waals surface area contributed by atoms with Crippen molar-refractivity contribution in [3.05, 3.63) is 63.7 Å². The Kier molecular flexibility index (Phi) is 3.79. The maximum atomic E-state index is 6.15. The van der Waals surface area contributed by atoms with E-state index in [1.807, 2.05) is 12.1 Å². The van der Waals surface area contributed by atoms with E-state index in [0.717, 1.165) is 17.4 Å². The number of benzene rings is 2. The average molecular weight is 366 g/mol. The van der Waals surface area contributed by atoms with Gasteiger partial charge in [-0.15, -0.1) is 0 Å². The van der Waals surface area contributed by atoms with Crippen molar-refractivity contribution in [2.75, 3.05) is 6.61 Å². The molecule has 1 atom stereocenters. The summed E-state index contributed by atoms with van der Waals surface area (Å²) in [6, 6.07) is 12.5. The molecule has 0 radical (unpaired) electrons. The highest BCUT2D eigenvalue weighted by Crippen LogP contribution is 2.42. The molecule has 2 aromatic carbocycles. The Balaban J connectivity index is 2.03. The molecule has 1 heterocycles. The number of hydrogen-bond donors (Lipinski definition) is 0. The molecule has 0 N–H and O–H groups in total. The van der Waals surface area contributed by atoms with Gasteiger partial charge in [-0.25, -0.2) is 0 Å². The van der Waals surface area contributed by atoms with Gasteiger partial charge < -0.3 is 4.74 Å². The molecule has 110 valence electrons. The van der Waals surface area contributed by atoms with Crippen LogP contribution in [0.1, 0.15) is 40.9 Å². The SMILES string of the molecule is Cc1ccc(Cl)cc1C(Br)c1ccc2c(c1)C(C)(C)CO2. The first-order chi connectivity index (χ1) is 9.88. The highest BCUT2D eigenvalue weighted by atomic mass is 79.9. The molecule has 21 heavy (non-hydrogen) atoms. The van der Waals surface area contributed by atoms with E-state index in [1.54, 1.807) is 0 Å². The Bertz CT molecular complexity index is 694. The lowest BCUT2D eigenvalue weighted by molar-refractivity contribution is 0.291. The van der Waals surface area contributed by atoms with E-state index in [0.29, 0.717) is 0 Å². The first-order valence-corrected chi connectivity index (χ1v) is 8.35. The van der Waals surface area contributed by atoms with Crippen LogP contribution in [0.25, 0.3) is 0 Å². The molecule has 1 aliphatic heterocycles. The molecule has 3 rings (SSSR count). The molecule has 1 aliphatic rings. The van der Waals surface area contributed by atoms with Crippen molar-refractivity contribution in [1.29, 1.82) is 0 Å². The first kappa shape index (κ1) is 14.9. The number of halogens is 2. The standard InChI is InChI=1S/C18H18BrClO/c1-11-4-6-13(20)9-14(11)17(19)12-5-7-16-15(8-12)18(2,3)10-21-16/h4-9,17H,10H2,1-3H3. The van der Waals surface area contributed by atoms with Gasteiger partial charge in [-0.1, -0.05) is 53.5 Å². The minimum absolute atomic E-state index is 0.0709. The van der Waals surface area contributed by atoms with Gasteiger partial charge in [0.15, 0.2) is 0 Å². The smallest absolute Gasteiger partial charge is 0.123 e. The summed E-state index contributed by atoms with van der Waals surface area (Å²) >= 11 is 9.97. The summed E-state index contributed by atoms with van der Waals surface area (Å²) in [7, 11) is 0. The molecule has 1 nitrogen and oxygen atoms in total. The van der Waals surface area contributed by atoms with Gasteiger partial charge >= 0.3 is 0 Å².